The van der Waals surface area contributed by atoms with Crippen LogP contribution < -0.4 is 0 Å². The van der Waals surface area contributed by atoms with Crippen LogP contribution in [0, 0.1) is 0 Å². The number of hydrogen-bond acceptors (Lipinski definition) is 5. The van der Waals surface area contributed by atoms with E-state index in [-0.39, 0.29) is 11.3 Å². The van der Waals surface area contributed by atoms with Crippen molar-refractivity contribution in [2.75, 3.05) is 0 Å². The molecule has 0 atom stereocenters. The van der Waals surface area contributed by atoms with Crippen LogP contribution in [-0.4, -0.2) is 22.8 Å². The molecule has 0 bridgehead atoms. The summed E-state index contributed by atoms with van der Waals surface area (Å²) in [6.07, 6.45) is 1.36. The predicted molar refractivity (Wildman–Crippen MR) is 73.7 cm³/mol. The molecular weight excluding hydrogens is 260 g/mol. The number of cyclic esters (lactones) is 2. The highest BCUT2D eigenvalue weighted by molar-refractivity contribution is 6.18. The zero-order valence-electron chi connectivity index (χ0n) is 12.0. The topological polar surface area (TPSA) is 72.8 Å². The second-order valence-electron chi connectivity index (χ2n) is 4.33. The minimum Gasteiger partial charge on any atom is -0.508 e. The van der Waals surface area contributed by atoms with Crippen LogP contribution in [0.5, 0.6) is 5.75 Å². The van der Waals surface area contributed by atoms with E-state index in [1.807, 2.05) is 13.8 Å². The van der Waals surface area contributed by atoms with Gasteiger partial charge in [-0.15, -0.1) is 0 Å². The van der Waals surface area contributed by atoms with E-state index < -0.39 is 17.7 Å². The first-order valence-corrected chi connectivity index (χ1v) is 6.35. The fourth-order valence-corrected chi connectivity index (χ4v) is 1.52. The Balaban J connectivity index is 0.000000956. The van der Waals surface area contributed by atoms with Crippen molar-refractivity contribution < 1.29 is 24.2 Å². The van der Waals surface area contributed by atoms with E-state index in [0.717, 1.165) is 0 Å². The molecular formula is C15H18O5. The summed E-state index contributed by atoms with van der Waals surface area (Å²) in [7, 11) is 0. The predicted octanol–water partition coefficient (Wildman–Crippen LogP) is 2.64. The summed E-state index contributed by atoms with van der Waals surface area (Å²) in [6, 6.07) is 6.05. The molecule has 0 spiro atoms. The van der Waals surface area contributed by atoms with Gasteiger partial charge in [0.2, 0.25) is 0 Å². The summed E-state index contributed by atoms with van der Waals surface area (Å²) < 4.78 is 9.91. The Hall–Kier alpha value is -2.30. The lowest BCUT2D eigenvalue weighted by Gasteiger charge is -2.29. The molecule has 1 aromatic rings. The van der Waals surface area contributed by atoms with E-state index in [2.05, 4.69) is 0 Å². The van der Waals surface area contributed by atoms with Crippen molar-refractivity contribution in [3.05, 3.63) is 35.4 Å². The van der Waals surface area contributed by atoms with Crippen LogP contribution in [0.3, 0.4) is 0 Å². The fourth-order valence-electron chi connectivity index (χ4n) is 1.52. The van der Waals surface area contributed by atoms with E-state index in [1.165, 1.54) is 32.1 Å². The lowest BCUT2D eigenvalue weighted by atomic mass is 10.1. The number of carbonyl (C=O) groups is 2. The van der Waals surface area contributed by atoms with Crippen molar-refractivity contribution >= 4 is 18.0 Å². The molecule has 0 aromatic heterocycles. The Labute approximate surface area is 117 Å². The number of aromatic hydroxyl groups is 1. The smallest absolute Gasteiger partial charge is 0.348 e. The van der Waals surface area contributed by atoms with Gasteiger partial charge in [0.1, 0.15) is 11.3 Å². The maximum Gasteiger partial charge on any atom is 0.348 e. The summed E-state index contributed by atoms with van der Waals surface area (Å²) in [4.78, 5) is 23.3. The molecule has 0 amide bonds. The Morgan fingerprint density at radius 3 is 1.90 bits per heavy atom. The number of rotatable bonds is 1. The van der Waals surface area contributed by atoms with Crippen molar-refractivity contribution in [2.45, 2.75) is 33.5 Å². The van der Waals surface area contributed by atoms with E-state index in [4.69, 9.17) is 14.6 Å². The lowest BCUT2D eigenvalue weighted by molar-refractivity contribution is -0.222. The van der Waals surface area contributed by atoms with E-state index in [1.54, 1.807) is 12.1 Å². The highest BCUT2D eigenvalue weighted by atomic mass is 16.7. The Morgan fingerprint density at radius 1 is 1.00 bits per heavy atom. The van der Waals surface area contributed by atoms with Gasteiger partial charge in [0.05, 0.1) is 0 Å². The SMILES string of the molecule is CC.CC1(C)OC(=O)C(=Cc2ccc(O)cc2)C(=O)O1. The van der Waals surface area contributed by atoms with Crippen LogP contribution in [0.15, 0.2) is 29.8 Å². The van der Waals surface area contributed by atoms with Crippen molar-refractivity contribution in [3.8, 4) is 5.75 Å². The van der Waals surface area contributed by atoms with Crippen molar-refractivity contribution in [1.29, 1.82) is 0 Å². The first-order valence-electron chi connectivity index (χ1n) is 6.35. The van der Waals surface area contributed by atoms with Crippen molar-refractivity contribution in [3.63, 3.8) is 0 Å². The third-order valence-electron chi connectivity index (χ3n) is 2.32. The summed E-state index contributed by atoms with van der Waals surface area (Å²) >= 11 is 0. The van der Waals surface area contributed by atoms with Crippen molar-refractivity contribution in [1.82, 2.24) is 0 Å². The monoisotopic (exact) mass is 278 g/mol. The zero-order chi connectivity index (χ0) is 15.3. The van der Waals surface area contributed by atoms with Gasteiger partial charge in [0.25, 0.3) is 5.79 Å². The number of ether oxygens (including phenoxy) is 2. The molecule has 0 unspecified atom stereocenters. The minimum atomic E-state index is -1.24. The van der Waals surface area contributed by atoms with E-state index >= 15 is 0 Å². The molecule has 1 aromatic carbocycles. The second kappa shape index (κ2) is 6.23. The standard InChI is InChI=1S/C13H12O5.C2H6/c1-13(2)17-11(15)10(12(16)18-13)7-8-3-5-9(14)6-4-8;1-2/h3-7,14H,1-2H3;1-2H3. The largest absolute Gasteiger partial charge is 0.508 e. The van der Waals surface area contributed by atoms with Crippen LogP contribution in [0.25, 0.3) is 6.08 Å². The maximum atomic E-state index is 11.7. The molecule has 0 aliphatic carbocycles. The van der Waals surface area contributed by atoms with Crippen molar-refractivity contribution in [2.24, 2.45) is 0 Å². The quantitative estimate of drug-likeness (QED) is 0.485. The molecule has 108 valence electrons. The van der Waals surface area contributed by atoms with Gasteiger partial charge >= 0.3 is 11.9 Å². The Kier molecular flexibility index (Phi) is 4.91. The van der Waals surface area contributed by atoms with E-state index in [0.29, 0.717) is 5.56 Å². The number of carbonyl (C=O) groups excluding carboxylic acids is 2. The van der Waals surface area contributed by atoms with Gasteiger partial charge in [-0.2, -0.15) is 0 Å². The van der Waals surface area contributed by atoms with Gasteiger partial charge in [-0.25, -0.2) is 9.59 Å². The van der Waals surface area contributed by atoms with Gasteiger partial charge in [0.15, 0.2) is 0 Å². The molecule has 5 nitrogen and oxygen atoms in total. The molecule has 1 aliphatic rings. The molecule has 0 saturated carbocycles. The van der Waals surface area contributed by atoms with Gasteiger partial charge < -0.3 is 14.6 Å². The lowest BCUT2D eigenvalue weighted by Crippen LogP contribution is -2.41. The first-order chi connectivity index (χ1) is 9.37. The first kappa shape index (κ1) is 15.8. The minimum absolute atomic E-state index is 0.104. The number of phenols is 1. The summed E-state index contributed by atoms with van der Waals surface area (Å²) in [5.74, 6) is -2.57. The average molecular weight is 278 g/mol. The average Bonchev–Trinajstić information content (AvgIpc) is 2.37. The number of benzene rings is 1. The molecule has 1 N–H and O–H groups in total. The number of phenolic OH excluding ortho intramolecular Hbond substituents is 1. The van der Waals surface area contributed by atoms with Gasteiger partial charge in [-0.05, 0) is 23.8 Å². The van der Waals surface area contributed by atoms with E-state index in [9.17, 15) is 9.59 Å². The third kappa shape index (κ3) is 3.85. The molecule has 1 aliphatic heterocycles. The third-order valence-corrected chi connectivity index (χ3v) is 2.32. The summed E-state index contributed by atoms with van der Waals surface area (Å²) in [5.41, 5.74) is 0.427. The molecule has 1 heterocycles. The molecule has 0 radical (unpaired) electrons. The molecule has 2 rings (SSSR count). The number of hydrogen-bond donors (Lipinski definition) is 1. The summed E-state index contributed by atoms with van der Waals surface area (Å²) in [5, 5.41) is 9.13. The fraction of sp³-hybridized carbons (Fsp3) is 0.333. The second-order valence-corrected chi connectivity index (χ2v) is 4.33. The van der Waals surface area contributed by atoms with Crippen LogP contribution in [0.1, 0.15) is 33.3 Å². The zero-order valence-corrected chi connectivity index (χ0v) is 12.0. The van der Waals surface area contributed by atoms with Gasteiger partial charge in [-0.3, -0.25) is 0 Å². The van der Waals surface area contributed by atoms with Crippen LogP contribution >= 0.6 is 0 Å². The molecule has 1 fully saturated rings. The van der Waals surface area contributed by atoms with Crippen LogP contribution in [0.2, 0.25) is 0 Å². The molecule has 5 heteroatoms. The van der Waals surface area contributed by atoms with Crippen LogP contribution in [0.4, 0.5) is 0 Å². The van der Waals surface area contributed by atoms with Gasteiger partial charge in [-0.1, -0.05) is 26.0 Å². The highest BCUT2D eigenvalue weighted by Gasteiger charge is 2.38. The molecule has 1 saturated heterocycles. The summed E-state index contributed by atoms with van der Waals surface area (Å²) in [6.45, 7) is 6.97. The molecule has 20 heavy (non-hydrogen) atoms. The van der Waals surface area contributed by atoms with Gasteiger partial charge in [0, 0.05) is 13.8 Å². The Morgan fingerprint density at radius 2 is 1.45 bits per heavy atom. The highest BCUT2D eigenvalue weighted by Crippen LogP contribution is 2.24. The normalized spacial score (nSPS) is 16.5. The maximum absolute atomic E-state index is 11.7. The Bertz CT molecular complexity index is 504. The number of esters is 2. The van der Waals surface area contributed by atoms with Crippen LogP contribution in [-0.2, 0) is 19.1 Å².